The summed E-state index contributed by atoms with van der Waals surface area (Å²) in [6, 6.07) is 3.43. The van der Waals surface area contributed by atoms with Crippen LogP contribution in [0.2, 0.25) is 5.15 Å². The van der Waals surface area contributed by atoms with E-state index in [2.05, 4.69) is 10.3 Å². The molecule has 1 aromatic rings. The van der Waals surface area contributed by atoms with Gasteiger partial charge in [-0.3, -0.25) is 4.79 Å². The Morgan fingerprint density at radius 2 is 2.00 bits per heavy atom. The molecule has 15 heavy (non-hydrogen) atoms. The molecule has 3 nitrogen and oxygen atoms in total. The van der Waals surface area contributed by atoms with Crippen LogP contribution in [0, 0.1) is 6.92 Å². The lowest BCUT2D eigenvalue weighted by Crippen LogP contribution is -2.40. The van der Waals surface area contributed by atoms with Crippen LogP contribution in [-0.2, 0) is 0 Å². The number of hydrogen-bond acceptors (Lipinski definition) is 2. The number of nitrogens with one attached hydrogen (secondary N) is 1. The molecule has 1 amide bonds. The second kappa shape index (κ2) is 4.19. The molecular weight excluding hydrogens is 212 g/mol. The molecule has 4 heteroatoms. The summed E-state index contributed by atoms with van der Waals surface area (Å²) in [5.41, 5.74) is 1.01. The van der Waals surface area contributed by atoms with E-state index in [-0.39, 0.29) is 11.4 Å². The number of amides is 1. The SMILES string of the molecule is Cc1cc(Cl)nc(C(=O)NC(C)(C)C)c1. The van der Waals surface area contributed by atoms with E-state index in [1.165, 1.54) is 0 Å². The molecule has 1 heterocycles. The third kappa shape index (κ3) is 3.88. The van der Waals surface area contributed by atoms with Crippen LogP contribution in [0.4, 0.5) is 0 Å². The zero-order valence-electron chi connectivity index (χ0n) is 9.39. The Balaban J connectivity index is 2.92. The van der Waals surface area contributed by atoms with Gasteiger partial charge in [0.25, 0.3) is 5.91 Å². The average molecular weight is 227 g/mol. The van der Waals surface area contributed by atoms with Crippen molar-refractivity contribution in [2.45, 2.75) is 33.2 Å². The fraction of sp³-hybridized carbons (Fsp3) is 0.455. The molecule has 1 N–H and O–H groups in total. The second-order valence-corrected chi connectivity index (χ2v) is 4.94. The van der Waals surface area contributed by atoms with Gasteiger partial charge in [0.05, 0.1) is 0 Å². The van der Waals surface area contributed by atoms with E-state index in [1.54, 1.807) is 12.1 Å². The lowest BCUT2D eigenvalue weighted by molar-refractivity contribution is 0.0914. The van der Waals surface area contributed by atoms with E-state index < -0.39 is 0 Å². The average Bonchev–Trinajstić information content (AvgIpc) is 1.98. The zero-order chi connectivity index (χ0) is 11.6. The van der Waals surface area contributed by atoms with Crippen molar-refractivity contribution in [3.8, 4) is 0 Å². The summed E-state index contributed by atoms with van der Waals surface area (Å²) in [5.74, 6) is -0.201. The third-order valence-electron chi connectivity index (χ3n) is 1.66. The molecule has 0 spiro atoms. The molecule has 0 unspecified atom stereocenters. The predicted molar refractivity (Wildman–Crippen MR) is 61.2 cm³/mol. The number of aromatic nitrogens is 1. The molecule has 1 aromatic heterocycles. The normalized spacial score (nSPS) is 11.3. The maximum Gasteiger partial charge on any atom is 0.270 e. The van der Waals surface area contributed by atoms with Crippen LogP contribution < -0.4 is 5.32 Å². The van der Waals surface area contributed by atoms with Gasteiger partial charge in [-0.15, -0.1) is 0 Å². The minimum Gasteiger partial charge on any atom is -0.346 e. The molecule has 0 radical (unpaired) electrons. The maximum atomic E-state index is 11.7. The summed E-state index contributed by atoms with van der Waals surface area (Å²) in [4.78, 5) is 15.7. The molecule has 0 saturated heterocycles. The number of rotatable bonds is 1. The third-order valence-corrected chi connectivity index (χ3v) is 1.85. The molecular formula is C11H15ClN2O. The number of nitrogens with zero attached hydrogens (tertiary/aromatic N) is 1. The first kappa shape index (κ1) is 12.0. The van der Waals surface area contributed by atoms with Gasteiger partial charge in [-0.2, -0.15) is 0 Å². The standard InChI is InChI=1S/C11H15ClN2O/c1-7-5-8(13-9(12)6-7)10(15)14-11(2,3)4/h5-6H,1-4H3,(H,14,15). The molecule has 82 valence electrons. The molecule has 0 saturated carbocycles. The number of pyridine rings is 1. The Labute approximate surface area is 94.9 Å². The van der Waals surface area contributed by atoms with Gasteiger partial charge in [-0.05, 0) is 45.4 Å². The van der Waals surface area contributed by atoms with Gasteiger partial charge in [0.1, 0.15) is 10.8 Å². The van der Waals surface area contributed by atoms with Gasteiger partial charge in [0.15, 0.2) is 0 Å². The van der Waals surface area contributed by atoms with Gasteiger partial charge < -0.3 is 5.32 Å². The van der Waals surface area contributed by atoms with E-state index in [0.29, 0.717) is 10.8 Å². The first-order chi connectivity index (χ1) is 6.78. The van der Waals surface area contributed by atoms with E-state index in [9.17, 15) is 4.79 Å². The second-order valence-electron chi connectivity index (χ2n) is 4.56. The molecule has 0 bridgehead atoms. The number of carbonyl (C=O) groups excluding carboxylic acids is 1. The van der Waals surface area contributed by atoms with Gasteiger partial charge in [0, 0.05) is 5.54 Å². The fourth-order valence-corrected chi connectivity index (χ4v) is 1.41. The lowest BCUT2D eigenvalue weighted by Gasteiger charge is -2.20. The molecule has 0 fully saturated rings. The highest BCUT2D eigenvalue weighted by Crippen LogP contribution is 2.11. The number of hydrogen-bond donors (Lipinski definition) is 1. The lowest BCUT2D eigenvalue weighted by atomic mass is 10.1. The van der Waals surface area contributed by atoms with Crippen LogP contribution in [-0.4, -0.2) is 16.4 Å². The number of halogens is 1. The van der Waals surface area contributed by atoms with Crippen LogP contribution in [0.15, 0.2) is 12.1 Å². The minimum atomic E-state index is -0.269. The van der Waals surface area contributed by atoms with Gasteiger partial charge in [-0.1, -0.05) is 11.6 Å². The topological polar surface area (TPSA) is 42.0 Å². The van der Waals surface area contributed by atoms with Crippen LogP contribution in [0.1, 0.15) is 36.8 Å². The van der Waals surface area contributed by atoms with Crippen molar-refractivity contribution in [2.75, 3.05) is 0 Å². The van der Waals surface area contributed by atoms with E-state index in [0.717, 1.165) is 5.56 Å². The first-order valence-electron chi connectivity index (χ1n) is 4.75. The maximum absolute atomic E-state index is 11.7. The molecule has 0 atom stereocenters. The Morgan fingerprint density at radius 1 is 1.40 bits per heavy atom. The van der Waals surface area contributed by atoms with Gasteiger partial charge in [-0.25, -0.2) is 4.98 Å². The van der Waals surface area contributed by atoms with Crippen molar-refractivity contribution in [2.24, 2.45) is 0 Å². The molecule has 0 aliphatic heterocycles. The highest BCUT2D eigenvalue weighted by Gasteiger charge is 2.16. The molecule has 0 aliphatic carbocycles. The summed E-state index contributed by atoms with van der Waals surface area (Å²) >= 11 is 5.77. The monoisotopic (exact) mass is 226 g/mol. The minimum absolute atomic E-state index is 0.201. The summed E-state index contributed by atoms with van der Waals surface area (Å²) < 4.78 is 0. The van der Waals surface area contributed by atoms with Crippen LogP contribution >= 0.6 is 11.6 Å². The van der Waals surface area contributed by atoms with Crippen LogP contribution in [0.5, 0.6) is 0 Å². The Bertz CT molecular complexity index is 362. The molecule has 0 aromatic carbocycles. The van der Waals surface area contributed by atoms with Crippen LogP contribution in [0.25, 0.3) is 0 Å². The largest absolute Gasteiger partial charge is 0.346 e. The molecule has 0 aliphatic rings. The zero-order valence-corrected chi connectivity index (χ0v) is 10.1. The fourth-order valence-electron chi connectivity index (χ4n) is 1.15. The van der Waals surface area contributed by atoms with E-state index in [1.807, 2.05) is 27.7 Å². The predicted octanol–water partition coefficient (Wildman–Crippen LogP) is 2.57. The van der Waals surface area contributed by atoms with Crippen molar-refractivity contribution in [1.82, 2.24) is 10.3 Å². The first-order valence-corrected chi connectivity index (χ1v) is 5.12. The molecule has 1 rings (SSSR count). The van der Waals surface area contributed by atoms with Crippen molar-refractivity contribution in [3.05, 3.63) is 28.5 Å². The van der Waals surface area contributed by atoms with Crippen molar-refractivity contribution >= 4 is 17.5 Å². The van der Waals surface area contributed by atoms with Gasteiger partial charge >= 0.3 is 0 Å². The Morgan fingerprint density at radius 3 is 2.47 bits per heavy atom. The smallest absolute Gasteiger partial charge is 0.270 e. The number of aryl methyl sites for hydroxylation is 1. The van der Waals surface area contributed by atoms with E-state index >= 15 is 0 Å². The quantitative estimate of drug-likeness (QED) is 0.748. The summed E-state index contributed by atoms with van der Waals surface area (Å²) in [7, 11) is 0. The number of carbonyl (C=O) groups is 1. The van der Waals surface area contributed by atoms with Gasteiger partial charge in [0.2, 0.25) is 0 Å². The van der Waals surface area contributed by atoms with Crippen molar-refractivity contribution in [3.63, 3.8) is 0 Å². The highest BCUT2D eigenvalue weighted by molar-refractivity contribution is 6.29. The summed E-state index contributed by atoms with van der Waals surface area (Å²) in [5, 5.41) is 3.17. The van der Waals surface area contributed by atoms with Crippen molar-refractivity contribution in [1.29, 1.82) is 0 Å². The summed E-state index contributed by atoms with van der Waals surface area (Å²) in [6.07, 6.45) is 0. The summed E-state index contributed by atoms with van der Waals surface area (Å²) in [6.45, 7) is 7.63. The van der Waals surface area contributed by atoms with Crippen molar-refractivity contribution < 1.29 is 4.79 Å². The Kier molecular flexibility index (Phi) is 3.35. The highest BCUT2D eigenvalue weighted by atomic mass is 35.5. The Hall–Kier alpha value is -1.09. The van der Waals surface area contributed by atoms with E-state index in [4.69, 9.17) is 11.6 Å². The van der Waals surface area contributed by atoms with Crippen LogP contribution in [0.3, 0.4) is 0 Å².